The second-order valence-electron chi connectivity index (χ2n) is 7.33. The van der Waals surface area contributed by atoms with Crippen LogP contribution >= 0.6 is 0 Å². The molecular weight excluding hydrogens is 292 g/mol. The van der Waals surface area contributed by atoms with E-state index in [0.29, 0.717) is 0 Å². The third kappa shape index (κ3) is 6.81. The Kier molecular flexibility index (Phi) is 9.20. The maximum Gasteiger partial charge on any atom is 0.0716 e. The minimum absolute atomic E-state index is 0.764. The van der Waals surface area contributed by atoms with Crippen LogP contribution in [0.25, 0.3) is 0 Å². The summed E-state index contributed by atoms with van der Waals surface area (Å²) in [7, 11) is 0. The van der Waals surface area contributed by atoms with Crippen molar-refractivity contribution in [3.8, 4) is 0 Å². The lowest BCUT2D eigenvalue weighted by Crippen LogP contribution is -2.12. The molecule has 0 aromatic heterocycles. The fraction of sp³-hybridized carbons (Fsp3) is 0.652. The topological polar surface area (TPSA) is 9.23 Å². The van der Waals surface area contributed by atoms with Crippen LogP contribution in [0.5, 0.6) is 0 Å². The van der Waals surface area contributed by atoms with Gasteiger partial charge in [0, 0.05) is 6.61 Å². The molecule has 1 saturated carbocycles. The van der Waals surface area contributed by atoms with Gasteiger partial charge >= 0.3 is 0 Å². The van der Waals surface area contributed by atoms with E-state index in [1.54, 1.807) is 0 Å². The van der Waals surface area contributed by atoms with E-state index in [-0.39, 0.29) is 0 Å². The molecule has 0 saturated heterocycles. The molecule has 1 aliphatic rings. The maximum atomic E-state index is 5.76. The summed E-state index contributed by atoms with van der Waals surface area (Å²) < 4.78 is 5.76. The molecule has 1 aliphatic carbocycles. The first-order chi connectivity index (χ1) is 11.8. The molecule has 24 heavy (non-hydrogen) atoms. The molecular formula is C23H36O. The van der Waals surface area contributed by atoms with Gasteiger partial charge in [-0.2, -0.15) is 0 Å². The Balaban J connectivity index is 1.71. The fourth-order valence-electron chi connectivity index (χ4n) is 3.72. The monoisotopic (exact) mass is 328 g/mol. The van der Waals surface area contributed by atoms with E-state index in [4.69, 9.17) is 4.74 Å². The van der Waals surface area contributed by atoms with Crippen molar-refractivity contribution < 1.29 is 4.74 Å². The van der Waals surface area contributed by atoms with Crippen molar-refractivity contribution in [2.75, 3.05) is 6.61 Å². The number of unbranched alkanes of at least 4 members (excludes halogenated alkanes) is 2. The molecule has 0 amide bonds. The summed E-state index contributed by atoms with van der Waals surface area (Å²) in [6, 6.07) is 9.22. The number of rotatable bonds is 10. The lowest BCUT2D eigenvalue weighted by atomic mass is 9.77. The second kappa shape index (κ2) is 11.5. The van der Waals surface area contributed by atoms with Gasteiger partial charge in [-0.3, -0.25) is 0 Å². The van der Waals surface area contributed by atoms with Crippen LogP contribution in [0.1, 0.15) is 88.7 Å². The van der Waals surface area contributed by atoms with Gasteiger partial charge in [0.05, 0.1) is 6.61 Å². The predicted molar refractivity (Wildman–Crippen MR) is 104 cm³/mol. The number of hydrogen-bond donors (Lipinski definition) is 0. The summed E-state index contributed by atoms with van der Waals surface area (Å²) >= 11 is 0. The Morgan fingerprint density at radius 3 is 2.38 bits per heavy atom. The molecule has 0 radical (unpaired) electrons. The molecule has 0 N–H and O–H groups in total. The van der Waals surface area contributed by atoms with E-state index in [9.17, 15) is 0 Å². The van der Waals surface area contributed by atoms with E-state index in [1.165, 1.54) is 68.9 Å². The van der Waals surface area contributed by atoms with E-state index < -0.39 is 0 Å². The van der Waals surface area contributed by atoms with Crippen LogP contribution in [0, 0.1) is 5.92 Å². The van der Waals surface area contributed by atoms with Crippen molar-refractivity contribution in [1.82, 2.24) is 0 Å². The van der Waals surface area contributed by atoms with Crippen molar-refractivity contribution in [3.63, 3.8) is 0 Å². The summed E-state index contributed by atoms with van der Waals surface area (Å²) in [6.07, 6.45) is 16.4. The van der Waals surface area contributed by atoms with Crippen LogP contribution in [-0.4, -0.2) is 6.61 Å². The quantitative estimate of drug-likeness (QED) is 0.331. The summed E-state index contributed by atoms with van der Waals surface area (Å²) in [6.45, 7) is 6.11. The smallest absolute Gasteiger partial charge is 0.0716 e. The third-order valence-electron chi connectivity index (χ3n) is 5.33. The standard InChI is InChI=1S/C23H36O/c1-3-5-7-9-20-10-14-22(15-11-20)23-16-12-21(13-17-23)19-24-18-8-6-4-2/h5,7,12-13,16-17,20,22H,3-4,6,8-11,14-15,18-19H2,1-2H3/b7-5+/t20-,22-. The third-order valence-corrected chi connectivity index (χ3v) is 5.33. The SMILES string of the molecule is CC/C=C/C[C@H]1CC[C@H](c2ccc(COCCCCC)cc2)CC1. The molecule has 134 valence electrons. The summed E-state index contributed by atoms with van der Waals surface area (Å²) in [5.41, 5.74) is 2.85. The molecule has 1 fully saturated rings. The zero-order valence-corrected chi connectivity index (χ0v) is 15.8. The van der Waals surface area contributed by atoms with E-state index in [2.05, 4.69) is 50.3 Å². The van der Waals surface area contributed by atoms with Crippen molar-refractivity contribution in [1.29, 1.82) is 0 Å². The van der Waals surface area contributed by atoms with Gasteiger partial charge in [-0.1, -0.05) is 63.1 Å². The van der Waals surface area contributed by atoms with Gasteiger partial charge < -0.3 is 4.74 Å². The van der Waals surface area contributed by atoms with Crippen LogP contribution in [-0.2, 0) is 11.3 Å². The van der Waals surface area contributed by atoms with Gasteiger partial charge in [0.15, 0.2) is 0 Å². The summed E-state index contributed by atoms with van der Waals surface area (Å²) in [5.74, 6) is 1.69. The molecule has 1 nitrogen and oxygen atoms in total. The molecule has 0 unspecified atom stereocenters. The molecule has 2 rings (SSSR count). The molecule has 0 atom stereocenters. The van der Waals surface area contributed by atoms with Crippen LogP contribution in [0.2, 0.25) is 0 Å². The Bertz CT molecular complexity index is 451. The van der Waals surface area contributed by atoms with Crippen LogP contribution < -0.4 is 0 Å². The van der Waals surface area contributed by atoms with Gasteiger partial charge in [0.1, 0.15) is 0 Å². The van der Waals surface area contributed by atoms with Crippen LogP contribution in [0.3, 0.4) is 0 Å². The van der Waals surface area contributed by atoms with Gasteiger partial charge in [-0.05, 0) is 67.9 Å². The van der Waals surface area contributed by atoms with Gasteiger partial charge in [0.2, 0.25) is 0 Å². The molecule has 1 heteroatoms. The first kappa shape index (κ1) is 19.2. The summed E-state index contributed by atoms with van der Waals surface area (Å²) in [5, 5.41) is 0. The number of benzene rings is 1. The number of allylic oxidation sites excluding steroid dienone is 2. The fourth-order valence-corrected chi connectivity index (χ4v) is 3.72. The van der Waals surface area contributed by atoms with Crippen molar-refractivity contribution in [2.45, 2.75) is 84.2 Å². The highest BCUT2D eigenvalue weighted by Gasteiger charge is 2.21. The second-order valence-corrected chi connectivity index (χ2v) is 7.33. The average Bonchev–Trinajstić information content (AvgIpc) is 2.63. The molecule has 0 heterocycles. The van der Waals surface area contributed by atoms with Crippen LogP contribution in [0.4, 0.5) is 0 Å². The average molecular weight is 329 g/mol. The van der Waals surface area contributed by atoms with Gasteiger partial charge in [-0.15, -0.1) is 0 Å². The van der Waals surface area contributed by atoms with Crippen LogP contribution in [0.15, 0.2) is 36.4 Å². The predicted octanol–water partition coefficient (Wildman–Crippen LogP) is 7.02. The molecule has 1 aromatic carbocycles. The normalized spacial score (nSPS) is 21.4. The maximum absolute atomic E-state index is 5.76. The van der Waals surface area contributed by atoms with E-state index >= 15 is 0 Å². The minimum Gasteiger partial charge on any atom is -0.377 e. The Morgan fingerprint density at radius 2 is 1.71 bits per heavy atom. The van der Waals surface area contributed by atoms with E-state index in [0.717, 1.165) is 25.0 Å². The highest BCUT2D eigenvalue weighted by Crippen LogP contribution is 2.37. The first-order valence-corrected chi connectivity index (χ1v) is 10.1. The first-order valence-electron chi connectivity index (χ1n) is 10.1. The summed E-state index contributed by atoms with van der Waals surface area (Å²) in [4.78, 5) is 0. The molecule has 0 aliphatic heterocycles. The zero-order valence-electron chi connectivity index (χ0n) is 15.8. The molecule has 0 bridgehead atoms. The highest BCUT2D eigenvalue weighted by atomic mass is 16.5. The molecule has 1 aromatic rings. The Labute approximate surface area is 149 Å². The number of hydrogen-bond acceptors (Lipinski definition) is 1. The zero-order chi connectivity index (χ0) is 17.0. The Morgan fingerprint density at radius 1 is 0.958 bits per heavy atom. The Hall–Kier alpha value is -1.08. The van der Waals surface area contributed by atoms with Gasteiger partial charge in [-0.25, -0.2) is 0 Å². The number of ether oxygens (including phenoxy) is 1. The lowest BCUT2D eigenvalue weighted by molar-refractivity contribution is 0.117. The van der Waals surface area contributed by atoms with Crippen molar-refractivity contribution in [3.05, 3.63) is 47.5 Å². The molecule has 0 spiro atoms. The minimum atomic E-state index is 0.764. The van der Waals surface area contributed by atoms with Gasteiger partial charge in [0.25, 0.3) is 0 Å². The van der Waals surface area contributed by atoms with Crippen molar-refractivity contribution in [2.24, 2.45) is 5.92 Å². The van der Waals surface area contributed by atoms with Crippen molar-refractivity contribution >= 4 is 0 Å². The van der Waals surface area contributed by atoms with E-state index in [1.807, 2.05) is 0 Å². The highest BCUT2D eigenvalue weighted by molar-refractivity contribution is 5.25. The lowest BCUT2D eigenvalue weighted by Gasteiger charge is -2.28. The largest absolute Gasteiger partial charge is 0.377 e.